The van der Waals surface area contributed by atoms with Crippen LogP contribution in [0.15, 0.2) is 41.8 Å². The van der Waals surface area contributed by atoms with Crippen molar-refractivity contribution >= 4 is 23.3 Å². The van der Waals surface area contributed by atoms with Crippen molar-refractivity contribution in [3.05, 3.63) is 52.2 Å². The predicted octanol–water partition coefficient (Wildman–Crippen LogP) is 4.83. The SMILES string of the molecule is C[C@H](NC(=O)O[C@@H]1[C@@H](N2CCCCC2=O)c2sccc2OC1(C)C)c1ccccc1. The van der Waals surface area contributed by atoms with Gasteiger partial charge < -0.3 is 19.7 Å². The molecule has 3 heterocycles. The highest BCUT2D eigenvalue weighted by atomic mass is 32.1. The van der Waals surface area contributed by atoms with Crippen molar-refractivity contribution in [2.75, 3.05) is 6.54 Å². The van der Waals surface area contributed by atoms with Gasteiger partial charge in [0.25, 0.3) is 0 Å². The number of carbonyl (C=O) groups excluding carboxylic acids is 2. The number of hydrogen-bond acceptors (Lipinski definition) is 5. The zero-order chi connectivity index (χ0) is 21.3. The van der Waals surface area contributed by atoms with Gasteiger partial charge in [-0.2, -0.15) is 0 Å². The summed E-state index contributed by atoms with van der Waals surface area (Å²) in [4.78, 5) is 28.4. The van der Waals surface area contributed by atoms with E-state index in [-0.39, 0.29) is 18.0 Å². The van der Waals surface area contributed by atoms with Crippen LogP contribution in [0, 0.1) is 0 Å². The molecule has 0 saturated carbocycles. The Morgan fingerprint density at radius 2 is 2.03 bits per heavy atom. The van der Waals surface area contributed by atoms with Crippen LogP contribution >= 0.6 is 11.3 Å². The normalized spacial score (nSPS) is 23.8. The lowest BCUT2D eigenvalue weighted by Gasteiger charge is -2.47. The first-order valence-corrected chi connectivity index (χ1v) is 11.3. The topological polar surface area (TPSA) is 67.9 Å². The minimum absolute atomic E-state index is 0.106. The molecule has 1 N–H and O–H groups in total. The van der Waals surface area contributed by atoms with Crippen molar-refractivity contribution in [3.8, 4) is 5.75 Å². The number of benzene rings is 1. The number of alkyl carbamates (subject to hydrolysis) is 1. The van der Waals surface area contributed by atoms with Gasteiger partial charge in [-0.25, -0.2) is 4.79 Å². The average molecular weight is 429 g/mol. The third-order valence-corrected chi connectivity index (χ3v) is 6.80. The Balaban J connectivity index is 1.58. The molecular formula is C23H28N2O4S. The van der Waals surface area contributed by atoms with Crippen LogP contribution in [0.25, 0.3) is 0 Å². The molecule has 1 aromatic heterocycles. The monoisotopic (exact) mass is 428 g/mol. The molecule has 30 heavy (non-hydrogen) atoms. The maximum absolute atomic E-state index is 12.9. The number of rotatable bonds is 4. The van der Waals surface area contributed by atoms with Crippen LogP contribution in [0.4, 0.5) is 4.79 Å². The van der Waals surface area contributed by atoms with Crippen LogP contribution in [0.1, 0.15) is 62.6 Å². The van der Waals surface area contributed by atoms with E-state index in [0.717, 1.165) is 29.0 Å². The molecule has 1 aromatic carbocycles. The Kier molecular flexibility index (Phi) is 5.73. The molecule has 0 spiro atoms. The fourth-order valence-electron chi connectivity index (χ4n) is 4.25. The maximum Gasteiger partial charge on any atom is 0.408 e. The molecule has 0 bridgehead atoms. The van der Waals surface area contributed by atoms with Crippen LogP contribution in [0.5, 0.6) is 5.75 Å². The van der Waals surface area contributed by atoms with Crippen LogP contribution < -0.4 is 10.1 Å². The standard InChI is InChI=1S/C23H28N2O4S/c1-15(16-9-5-4-6-10-16)24-22(27)28-21-19(25-13-8-7-11-18(25)26)20-17(12-14-30-20)29-23(21,2)3/h4-6,9-10,12,14-15,19,21H,7-8,11,13H2,1-3H3,(H,24,27)/t15-,19-,21+/m0/s1. The summed E-state index contributed by atoms with van der Waals surface area (Å²) in [5.41, 5.74) is 0.223. The molecule has 7 heteroatoms. The van der Waals surface area contributed by atoms with Crippen molar-refractivity contribution in [1.82, 2.24) is 10.2 Å². The van der Waals surface area contributed by atoms with Gasteiger partial charge in [0.1, 0.15) is 17.4 Å². The van der Waals surface area contributed by atoms with E-state index < -0.39 is 17.8 Å². The van der Waals surface area contributed by atoms with Crippen LogP contribution in [0.3, 0.4) is 0 Å². The first-order chi connectivity index (χ1) is 14.4. The lowest BCUT2D eigenvalue weighted by atomic mass is 9.88. The Hall–Kier alpha value is -2.54. The molecule has 0 aliphatic carbocycles. The summed E-state index contributed by atoms with van der Waals surface area (Å²) in [5, 5.41) is 4.88. The summed E-state index contributed by atoms with van der Waals surface area (Å²) in [5.74, 6) is 0.876. The zero-order valence-electron chi connectivity index (χ0n) is 17.6. The number of thiophene rings is 1. The van der Waals surface area contributed by atoms with E-state index in [1.165, 1.54) is 0 Å². The second-order valence-electron chi connectivity index (χ2n) is 8.45. The minimum atomic E-state index is -0.774. The third kappa shape index (κ3) is 4.03. The summed E-state index contributed by atoms with van der Waals surface area (Å²) >= 11 is 1.54. The molecule has 0 radical (unpaired) electrons. The average Bonchev–Trinajstić information content (AvgIpc) is 3.17. The van der Waals surface area contributed by atoms with Gasteiger partial charge in [0.2, 0.25) is 5.91 Å². The lowest BCUT2D eigenvalue weighted by Crippen LogP contribution is -2.57. The van der Waals surface area contributed by atoms with Gasteiger partial charge in [0.05, 0.1) is 10.9 Å². The second kappa shape index (κ2) is 8.30. The van der Waals surface area contributed by atoms with Gasteiger partial charge in [0.15, 0.2) is 6.10 Å². The molecule has 2 aliphatic rings. The first kappa shape index (κ1) is 20.7. The smallest absolute Gasteiger partial charge is 0.408 e. The number of carbonyl (C=O) groups is 2. The molecule has 3 atom stereocenters. The van der Waals surface area contributed by atoms with Gasteiger partial charge in [-0.05, 0) is 50.6 Å². The van der Waals surface area contributed by atoms with E-state index in [2.05, 4.69) is 5.32 Å². The number of fused-ring (bicyclic) bond motifs is 1. The molecule has 1 fully saturated rings. The molecular weight excluding hydrogens is 400 g/mol. The van der Waals surface area contributed by atoms with Gasteiger partial charge in [-0.15, -0.1) is 11.3 Å². The van der Waals surface area contributed by atoms with E-state index >= 15 is 0 Å². The summed E-state index contributed by atoms with van der Waals surface area (Å²) in [6.07, 6.45) is 1.26. The number of hydrogen-bond donors (Lipinski definition) is 1. The summed E-state index contributed by atoms with van der Waals surface area (Å²) in [7, 11) is 0. The maximum atomic E-state index is 12.9. The highest BCUT2D eigenvalue weighted by Gasteiger charge is 2.51. The van der Waals surface area contributed by atoms with Gasteiger partial charge in [0, 0.05) is 13.0 Å². The van der Waals surface area contributed by atoms with Crippen LogP contribution in [0.2, 0.25) is 0 Å². The third-order valence-electron chi connectivity index (χ3n) is 5.83. The fourth-order valence-corrected chi connectivity index (χ4v) is 5.21. The molecule has 4 rings (SSSR count). The highest BCUT2D eigenvalue weighted by Crippen LogP contribution is 2.47. The van der Waals surface area contributed by atoms with Crippen molar-refractivity contribution < 1.29 is 19.1 Å². The summed E-state index contributed by atoms with van der Waals surface area (Å²) < 4.78 is 12.2. The van der Waals surface area contributed by atoms with Crippen molar-refractivity contribution in [2.24, 2.45) is 0 Å². The summed E-state index contributed by atoms with van der Waals surface area (Å²) in [6.45, 7) is 6.40. The van der Waals surface area contributed by atoms with Crippen LogP contribution in [-0.2, 0) is 9.53 Å². The molecule has 1 saturated heterocycles. The fraction of sp³-hybridized carbons (Fsp3) is 0.478. The highest BCUT2D eigenvalue weighted by molar-refractivity contribution is 7.10. The minimum Gasteiger partial charge on any atom is -0.483 e. The largest absolute Gasteiger partial charge is 0.483 e. The van der Waals surface area contributed by atoms with E-state index in [4.69, 9.17) is 9.47 Å². The predicted molar refractivity (Wildman–Crippen MR) is 116 cm³/mol. The molecule has 2 aromatic rings. The quantitative estimate of drug-likeness (QED) is 0.757. The van der Waals surface area contributed by atoms with E-state index in [1.54, 1.807) is 11.3 Å². The van der Waals surface area contributed by atoms with Crippen molar-refractivity contribution in [3.63, 3.8) is 0 Å². The van der Waals surface area contributed by atoms with Crippen molar-refractivity contribution in [2.45, 2.75) is 63.8 Å². The number of nitrogens with zero attached hydrogens (tertiary/aromatic N) is 1. The van der Waals surface area contributed by atoms with Gasteiger partial charge in [-0.1, -0.05) is 30.3 Å². The number of likely N-dealkylation sites (tertiary alicyclic amines) is 1. The van der Waals surface area contributed by atoms with E-state index in [9.17, 15) is 9.59 Å². The summed E-state index contributed by atoms with van der Waals surface area (Å²) in [6, 6.07) is 11.1. The van der Waals surface area contributed by atoms with Crippen molar-refractivity contribution in [1.29, 1.82) is 0 Å². The Labute approximate surface area is 181 Å². The van der Waals surface area contributed by atoms with Crippen LogP contribution in [-0.4, -0.2) is 35.2 Å². The number of nitrogens with one attached hydrogen (secondary N) is 1. The second-order valence-corrected chi connectivity index (χ2v) is 9.39. The molecule has 2 aliphatic heterocycles. The number of ether oxygens (including phenoxy) is 2. The van der Waals surface area contributed by atoms with Gasteiger partial charge in [-0.3, -0.25) is 4.79 Å². The Morgan fingerprint density at radius 1 is 1.27 bits per heavy atom. The van der Waals surface area contributed by atoms with E-state index in [0.29, 0.717) is 13.0 Å². The van der Waals surface area contributed by atoms with E-state index in [1.807, 2.05) is 67.4 Å². The number of piperidine rings is 1. The first-order valence-electron chi connectivity index (χ1n) is 10.4. The molecule has 6 nitrogen and oxygen atoms in total. The molecule has 0 unspecified atom stereocenters. The number of amides is 2. The van der Waals surface area contributed by atoms with Gasteiger partial charge >= 0.3 is 6.09 Å². The lowest BCUT2D eigenvalue weighted by molar-refractivity contribution is -0.147. The Bertz CT molecular complexity index is 911. The molecule has 160 valence electrons. The molecule has 2 amide bonds. The zero-order valence-corrected chi connectivity index (χ0v) is 18.4. The Morgan fingerprint density at radius 3 is 2.77 bits per heavy atom.